The number of anilines is 1. The van der Waals surface area contributed by atoms with E-state index >= 15 is 0 Å². The molecule has 2 heterocycles. The Balaban J connectivity index is 2.13. The molecule has 2 rings (SSSR count). The third-order valence-electron chi connectivity index (χ3n) is 3.39. The minimum atomic E-state index is 0.00204. The summed E-state index contributed by atoms with van der Waals surface area (Å²) < 4.78 is 5.33. The van der Waals surface area contributed by atoms with Crippen molar-refractivity contribution in [2.75, 3.05) is 32.1 Å². The van der Waals surface area contributed by atoms with Crippen LogP contribution in [0.25, 0.3) is 0 Å². The van der Waals surface area contributed by atoms with Gasteiger partial charge in [-0.05, 0) is 18.9 Å². The predicted molar refractivity (Wildman–Crippen MR) is 74.3 cm³/mol. The molecule has 1 unspecified atom stereocenters. The summed E-state index contributed by atoms with van der Waals surface area (Å²) >= 11 is 0. The summed E-state index contributed by atoms with van der Waals surface area (Å²) in [7, 11) is 1.83. The number of pyridine rings is 1. The molecule has 0 spiro atoms. The highest BCUT2D eigenvalue weighted by molar-refractivity contribution is 5.99. The molecular formula is C14H21N3O2. The highest BCUT2D eigenvalue weighted by Gasteiger charge is 2.26. The molecular weight excluding hydrogens is 242 g/mol. The van der Waals surface area contributed by atoms with Crippen molar-refractivity contribution in [1.82, 2.24) is 9.88 Å². The van der Waals surface area contributed by atoms with Crippen molar-refractivity contribution in [2.45, 2.75) is 25.8 Å². The number of nitrogens with one attached hydrogen (secondary N) is 1. The average Bonchev–Trinajstić information content (AvgIpc) is 2.98. The smallest absolute Gasteiger partial charge is 0.257 e. The van der Waals surface area contributed by atoms with Gasteiger partial charge in [-0.3, -0.25) is 9.78 Å². The first-order valence-corrected chi connectivity index (χ1v) is 6.76. The molecule has 1 fully saturated rings. The summed E-state index contributed by atoms with van der Waals surface area (Å²) in [5, 5.41) is 3.27. The van der Waals surface area contributed by atoms with E-state index in [1.54, 1.807) is 17.3 Å². The maximum Gasteiger partial charge on any atom is 0.257 e. The Hall–Kier alpha value is -1.62. The molecule has 5 heteroatoms. The van der Waals surface area contributed by atoms with Crippen molar-refractivity contribution in [3.05, 3.63) is 24.0 Å². The van der Waals surface area contributed by atoms with Crippen LogP contribution in [0.3, 0.4) is 0 Å². The number of rotatable bonds is 5. The zero-order valence-corrected chi connectivity index (χ0v) is 11.6. The second-order valence-electron chi connectivity index (χ2n) is 4.78. The van der Waals surface area contributed by atoms with Crippen molar-refractivity contribution in [3.8, 4) is 0 Å². The van der Waals surface area contributed by atoms with Crippen molar-refractivity contribution in [2.24, 2.45) is 0 Å². The Kier molecular flexibility index (Phi) is 4.74. The van der Waals surface area contributed by atoms with Crippen molar-refractivity contribution in [3.63, 3.8) is 0 Å². The predicted octanol–water partition coefficient (Wildman–Crippen LogP) is 1.76. The molecule has 1 aliphatic rings. The van der Waals surface area contributed by atoms with Gasteiger partial charge in [0, 0.05) is 32.6 Å². The molecule has 0 aromatic carbocycles. The number of ether oxygens (including phenoxy) is 1. The van der Waals surface area contributed by atoms with Gasteiger partial charge in [-0.25, -0.2) is 0 Å². The van der Waals surface area contributed by atoms with Crippen LogP contribution in [-0.4, -0.2) is 48.6 Å². The molecule has 5 nitrogen and oxygen atoms in total. The van der Waals surface area contributed by atoms with E-state index < -0.39 is 0 Å². The van der Waals surface area contributed by atoms with Gasteiger partial charge < -0.3 is 15.0 Å². The SMILES string of the molecule is CCCNc1ccncc1C(=O)N(C)C1CCOC1. The molecule has 1 saturated heterocycles. The van der Waals surface area contributed by atoms with Crippen LogP contribution in [0.1, 0.15) is 30.1 Å². The van der Waals surface area contributed by atoms with Crippen LogP contribution < -0.4 is 5.32 Å². The lowest BCUT2D eigenvalue weighted by atomic mass is 10.1. The van der Waals surface area contributed by atoms with E-state index in [0.717, 1.165) is 31.7 Å². The fourth-order valence-electron chi connectivity index (χ4n) is 2.16. The van der Waals surface area contributed by atoms with Crippen LogP contribution in [0, 0.1) is 0 Å². The van der Waals surface area contributed by atoms with Gasteiger partial charge in [0.05, 0.1) is 23.9 Å². The number of carbonyl (C=O) groups excluding carboxylic acids is 1. The first kappa shape index (κ1) is 13.8. The Morgan fingerprint density at radius 2 is 2.47 bits per heavy atom. The minimum absolute atomic E-state index is 0.00204. The maximum absolute atomic E-state index is 12.5. The minimum Gasteiger partial charge on any atom is -0.384 e. The molecule has 1 atom stereocenters. The van der Waals surface area contributed by atoms with Crippen LogP contribution in [0.5, 0.6) is 0 Å². The van der Waals surface area contributed by atoms with Crippen molar-refractivity contribution in [1.29, 1.82) is 0 Å². The van der Waals surface area contributed by atoms with Gasteiger partial charge >= 0.3 is 0 Å². The van der Waals surface area contributed by atoms with Gasteiger partial charge in [-0.1, -0.05) is 6.92 Å². The van der Waals surface area contributed by atoms with E-state index in [-0.39, 0.29) is 11.9 Å². The summed E-state index contributed by atoms with van der Waals surface area (Å²) in [6, 6.07) is 2.02. The van der Waals surface area contributed by atoms with Gasteiger partial charge in [0.1, 0.15) is 0 Å². The van der Waals surface area contributed by atoms with E-state index in [0.29, 0.717) is 12.2 Å². The zero-order chi connectivity index (χ0) is 13.7. The number of hydrogen-bond donors (Lipinski definition) is 1. The molecule has 1 aromatic rings. The quantitative estimate of drug-likeness (QED) is 0.879. The van der Waals surface area contributed by atoms with Gasteiger partial charge in [0.15, 0.2) is 0 Å². The lowest BCUT2D eigenvalue weighted by molar-refractivity contribution is 0.0712. The van der Waals surface area contributed by atoms with Crippen LogP contribution in [-0.2, 0) is 4.74 Å². The van der Waals surface area contributed by atoms with Gasteiger partial charge in [0.2, 0.25) is 0 Å². The number of nitrogens with zero attached hydrogens (tertiary/aromatic N) is 2. The molecule has 104 valence electrons. The highest BCUT2D eigenvalue weighted by atomic mass is 16.5. The molecule has 0 radical (unpaired) electrons. The first-order valence-electron chi connectivity index (χ1n) is 6.76. The van der Waals surface area contributed by atoms with Crippen LogP contribution in [0.4, 0.5) is 5.69 Å². The van der Waals surface area contributed by atoms with Crippen molar-refractivity contribution < 1.29 is 9.53 Å². The van der Waals surface area contributed by atoms with E-state index in [2.05, 4.69) is 17.2 Å². The molecule has 0 aliphatic carbocycles. The first-order chi connectivity index (χ1) is 9.24. The number of likely N-dealkylation sites (N-methyl/N-ethyl adjacent to an activating group) is 1. The summed E-state index contributed by atoms with van der Waals surface area (Å²) in [4.78, 5) is 18.3. The molecule has 1 amide bonds. The van der Waals surface area contributed by atoms with Gasteiger partial charge in [0.25, 0.3) is 5.91 Å². The molecule has 1 aromatic heterocycles. The van der Waals surface area contributed by atoms with Gasteiger partial charge in [-0.2, -0.15) is 0 Å². The van der Waals surface area contributed by atoms with Crippen LogP contribution in [0.15, 0.2) is 18.5 Å². The van der Waals surface area contributed by atoms with Crippen LogP contribution in [0.2, 0.25) is 0 Å². The summed E-state index contributed by atoms with van der Waals surface area (Å²) in [6.45, 7) is 4.30. The zero-order valence-electron chi connectivity index (χ0n) is 11.6. The average molecular weight is 263 g/mol. The number of carbonyl (C=O) groups is 1. The van der Waals surface area contributed by atoms with Crippen molar-refractivity contribution >= 4 is 11.6 Å². The lowest BCUT2D eigenvalue weighted by Gasteiger charge is -2.24. The number of hydrogen-bond acceptors (Lipinski definition) is 4. The van der Waals surface area contributed by atoms with E-state index in [1.807, 2.05) is 13.1 Å². The Morgan fingerprint density at radius 1 is 1.63 bits per heavy atom. The normalized spacial score (nSPS) is 18.3. The third kappa shape index (κ3) is 3.23. The van der Waals surface area contributed by atoms with Gasteiger partial charge in [-0.15, -0.1) is 0 Å². The number of aromatic nitrogens is 1. The molecule has 0 saturated carbocycles. The van der Waals surface area contributed by atoms with E-state index in [4.69, 9.17) is 4.74 Å². The summed E-state index contributed by atoms with van der Waals surface area (Å²) in [6.07, 6.45) is 5.25. The maximum atomic E-state index is 12.5. The largest absolute Gasteiger partial charge is 0.384 e. The summed E-state index contributed by atoms with van der Waals surface area (Å²) in [5.74, 6) is 0.00204. The summed E-state index contributed by atoms with van der Waals surface area (Å²) in [5.41, 5.74) is 1.48. The fraction of sp³-hybridized carbons (Fsp3) is 0.571. The Morgan fingerprint density at radius 3 is 3.16 bits per heavy atom. The second-order valence-corrected chi connectivity index (χ2v) is 4.78. The lowest BCUT2D eigenvalue weighted by Crippen LogP contribution is -2.37. The highest BCUT2D eigenvalue weighted by Crippen LogP contribution is 2.19. The standard InChI is InChI=1S/C14H21N3O2/c1-3-6-16-13-4-7-15-9-12(13)14(18)17(2)11-5-8-19-10-11/h4,7,9,11H,3,5-6,8,10H2,1-2H3,(H,15,16). The molecule has 1 N–H and O–H groups in total. The second kappa shape index (κ2) is 6.52. The monoisotopic (exact) mass is 263 g/mol. The fourth-order valence-corrected chi connectivity index (χ4v) is 2.16. The molecule has 19 heavy (non-hydrogen) atoms. The van der Waals surface area contributed by atoms with Crippen LogP contribution >= 0.6 is 0 Å². The Labute approximate surface area is 114 Å². The Bertz CT molecular complexity index is 430. The number of amides is 1. The topological polar surface area (TPSA) is 54.5 Å². The molecule has 0 bridgehead atoms. The van der Waals surface area contributed by atoms with E-state index in [1.165, 1.54) is 0 Å². The third-order valence-corrected chi connectivity index (χ3v) is 3.39. The van der Waals surface area contributed by atoms with E-state index in [9.17, 15) is 4.79 Å². The molecule has 1 aliphatic heterocycles.